The van der Waals surface area contributed by atoms with E-state index in [0.717, 1.165) is 18.4 Å². The highest BCUT2D eigenvalue weighted by Gasteiger charge is 2.35. The van der Waals surface area contributed by atoms with E-state index in [-0.39, 0.29) is 6.04 Å². The zero-order valence-electron chi connectivity index (χ0n) is 11.4. The van der Waals surface area contributed by atoms with Crippen molar-refractivity contribution in [2.24, 2.45) is 0 Å². The smallest absolute Gasteiger partial charge is 0.207 e. The fourth-order valence-electron chi connectivity index (χ4n) is 2.78. The molecule has 0 amide bonds. The molecule has 0 aromatic heterocycles. The summed E-state index contributed by atoms with van der Waals surface area (Å²) in [6, 6.07) is 16.1. The van der Waals surface area contributed by atoms with E-state index in [0.29, 0.717) is 16.5 Å². The van der Waals surface area contributed by atoms with Crippen molar-refractivity contribution >= 4 is 21.6 Å². The van der Waals surface area contributed by atoms with E-state index in [2.05, 4.69) is 0 Å². The summed E-state index contributed by atoms with van der Waals surface area (Å²) in [6.45, 7) is 0.560. The van der Waals surface area contributed by atoms with Gasteiger partial charge < -0.3 is 0 Å². The normalized spacial score (nSPS) is 19.8. The minimum atomic E-state index is -3.48. The van der Waals surface area contributed by atoms with Crippen molar-refractivity contribution in [2.45, 2.75) is 23.8 Å². The number of hydrogen-bond acceptors (Lipinski definition) is 2. The van der Waals surface area contributed by atoms with Gasteiger partial charge in [0.05, 0.1) is 10.9 Å². The van der Waals surface area contributed by atoms with Crippen LogP contribution in [-0.4, -0.2) is 19.3 Å². The van der Waals surface area contributed by atoms with E-state index in [1.165, 1.54) is 0 Å². The van der Waals surface area contributed by atoms with Crippen molar-refractivity contribution in [1.29, 1.82) is 0 Å². The van der Waals surface area contributed by atoms with Crippen LogP contribution in [0.2, 0.25) is 5.02 Å². The van der Waals surface area contributed by atoms with E-state index in [1.54, 1.807) is 28.6 Å². The summed E-state index contributed by atoms with van der Waals surface area (Å²) >= 11 is 5.84. The van der Waals surface area contributed by atoms with Gasteiger partial charge in [-0.25, -0.2) is 8.42 Å². The molecule has 0 spiro atoms. The van der Waals surface area contributed by atoms with E-state index >= 15 is 0 Å². The number of hydrogen-bond donors (Lipinski definition) is 0. The van der Waals surface area contributed by atoms with Gasteiger partial charge in [0, 0.05) is 11.6 Å². The van der Waals surface area contributed by atoms with E-state index in [9.17, 15) is 8.42 Å². The molecule has 1 unspecified atom stereocenters. The zero-order chi connectivity index (χ0) is 14.9. The first-order valence-electron chi connectivity index (χ1n) is 6.91. The number of halogens is 1. The monoisotopic (exact) mass is 321 g/mol. The molecule has 3 nitrogen and oxygen atoms in total. The molecule has 1 heterocycles. The van der Waals surface area contributed by atoms with Gasteiger partial charge in [0.25, 0.3) is 0 Å². The van der Waals surface area contributed by atoms with Crippen LogP contribution in [0.3, 0.4) is 0 Å². The SMILES string of the molecule is O=S(=O)(c1ccc(Cl)cc1)N1CCCC1c1ccccc1. The maximum absolute atomic E-state index is 12.8. The Morgan fingerprint density at radius 2 is 1.67 bits per heavy atom. The van der Waals surface area contributed by atoms with E-state index < -0.39 is 10.0 Å². The number of sulfonamides is 1. The maximum atomic E-state index is 12.8. The summed E-state index contributed by atoms with van der Waals surface area (Å²) in [5.41, 5.74) is 1.05. The van der Waals surface area contributed by atoms with Crippen LogP contribution in [0.25, 0.3) is 0 Å². The minimum absolute atomic E-state index is 0.0770. The van der Waals surface area contributed by atoms with Crippen LogP contribution in [0.1, 0.15) is 24.4 Å². The lowest BCUT2D eigenvalue weighted by Crippen LogP contribution is -2.30. The summed E-state index contributed by atoms with van der Waals surface area (Å²) in [7, 11) is -3.48. The molecular formula is C16H16ClNO2S. The molecule has 5 heteroatoms. The fourth-order valence-corrected chi connectivity index (χ4v) is 4.59. The molecule has 0 radical (unpaired) electrons. The van der Waals surface area contributed by atoms with Crippen LogP contribution >= 0.6 is 11.6 Å². The standard InChI is InChI=1S/C16H16ClNO2S/c17-14-8-10-15(11-9-14)21(19,20)18-12-4-7-16(18)13-5-2-1-3-6-13/h1-3,5-6,8-11,16H,4,7,12H2. The zero-order valence-corrected chi connectivity index (χ0v) is 13.0. The van der Waals surface area contributed by atoms with Crippen molar-refractivity contribution in [3.05, 3.63) is 65.2 Å². The molecule has 110 valence electrons. The first-order chi connectivity index (χ1) is 10.1. The van der Waals surface area contributed by atoms with Gasteiger partial charge in [-0.05, 0) is 42.7 Å². The Labute approximate surface area is 130 Å². The summed E-state index contributed by atoms with van der Waals surface area (Å²) in [5.74, 6) is 0. The lowest BCUT2D eigenvalue weighted by atomic mass is 10.1. The molecule has 1 fully saturated rings. The number of rotatable bonds is 3. The van der Waals surface area contributed by atoms with Crippen molar-refractivity contribution in [3.8, 4) is 0 Å². The summed E-state index contributed by atoms with van der Waals surface area (Å²) in [6.07, 6.45) is 1.74. The van der Waals surface area contributed by atoms with Gasteiger partial charge >= 0.3 is 0 Å². The third kappa shape index (κ3) is 2.84. The lowest BCUT2D eigenvalue weighted by Gasteiger charge is -2.24. The van der Waals surface area contributed by atoms with Crippen molar-refractivity contribution in [1.82, 2.24) is 4.31 Å². The van der Waals surface area contributed by atoms with Gasteiger partial charge in [0.1, 0.15) is 0 Å². The van der Waals surface area contributed by atoms with Crippen molar-refractivity contribution in [2.75, 3.05) is 6.54 Å². The molecule has 21 heavy (non-hydrogen) atoms. The van der Waals surface area contributed by atoms with Gasteiger partial charge in [-0.3, -0.25) is 0 Å². The average molecular weight is 322 g/mol. The predicted molar refractivity (Wildman–Crippen MR) is 83.8 cm³/mol. The third-order valence-corrected chi connectivity index (χ3v) is 5.98. The minimum Gasteiger partial charge on any atom is -0.207 e. The van der Waals surface area contributed by atoms with E-state index in [4.69, 9.17) is 11.6 Å². The van der Waals surface area contributed by atoms with Crippen molar-refractivity contribution in [3.63, 3.8) is 0 Å². The van der Waals surface area contributed by atoms with Gasteiger partial charge in [-0.1, -0.05) is 41.9 Å². The summed E-state index contributed by atoms with van der Waals surface area (Å²) in [4.78, 5) is 0.301. The Morgan fingerprint density at radius 1 is 1.00 bits per heavy atom. The summed E-state index contributed by atoms with van der Waals surface area (Å²) in [5, 5.41) is 0.537. The molecule has 1 aliphatic rings. The van der Waals surface area contributed by atoms with Gasteiger partial charge in [-0.2, -0.15) is 4.31 Å². The van der Waals surface area contributed by atoms with Gasteiger partial charge in [0.15, 0.2) is 0 Å². The fraction of sp³-hybridized carbons (Fsp3) is 0.250. The molecule has 1 atom stereocenters. The molecular weight excluding hydrogens is 306 g/mol. The number of benzene rings is 2. The molecule has 1 saturated heterocycles. The Balaban J connectivity index is 1.96. The van der Waals surface area contributed by atoms with Crippen LogP contribution < -0.4 is 0 Å². The van der Waals surface area contributed by atoms with Crippen LogP contribution in [0.4, 0.5) is 0 Å². The first kappa shape index (κ1) is 14.6. The van der Waals surface area contributed by atoms with Crippen molar-refractivity contribution < 1.29 is 8.42 Å². The highest BCUT2D eigenvalue weighted by molar-refractivity contribution is 7.89. The quantitative estimate of drug-likeness (QED) is 0.860. The van der Waals surface area contributed by atoms with E-state index in [1.807, 2.05) is 30.3 Å². The average Bonchev–Trinajstić information content (AvgIpc) is 2.99. The predicted octanol–water partition coefficient (Wildman–Crippen LogP) is 3.87. The van der Waals surface area contributed by atoms with Crippen LogP contribution in [-0.2, 0) is 10.0 Å². The highest BCUT2D eigenvalue weighted by atomic mass is 35.5. The molecule has 1 aliphatic heterocycles. The highest BCUT2D eigenvalue weighted by Crippen LogP contribution is 2.36. The molecule has 0 saturated carbocycles. The molecule has 2 aromatic rings. The van der Waals surface area contributed by atoms with Gasteiger partial charge in [-0.15, -0.1) is 0 Å². The lowest BCUT2D eigenvalue weighted by molar-refractivity contribution is 0.396. The maximum Gasteiger partial charge on any atom is 0.243 e. The Hall–Kier alpha value is -1.36. The molecule has 2 aromatic carbocycles. The molecule has 0 aliphatic carbocycles. The molecule has 0 N–H and O–H groups in total. The Morgan fingerprint density at radius 3 is 2.33 bits per heavy atom. The Kier molecular flexibility index (Phi) is 4.02. The third-order valence-electron chi connectivity index (χ3n) is 3.81. The Bertz CT molecular complexity index is 714. The van der Waals surface area contributed by atoms with Crippen LogP contribution in [0.5, 0.6) is 0 Å². The molecule has 0 bridgehead atoms. The summed E-state index contributed by atoms with van der Waals surface area (Å²) < 4.78 is 27.2. The second-order valence-electron chi connectivity index (χ2n) is 5.14. The second-order valence-corrected chi connectivity index (χ2v) is 7.47. The number of nitrogens with zero attached hydrogens (tertiary/aromatic N) is 1. The first-order valence-corrected chi connectivity index (χ1v) is 8.73. The van der Waals surface area contributed by atoms with Crippen LogP contribution in [0, 0.1) is 0 Å². The second kappa shape index (κ2) is 5.79. The largest absolute Gasteiger partial charge is 0.243 e. The molecule has 3 rings (SSSR count). The van der Waals surface area contributed by atoms with Gasteiger partial charge in [0.2, 0.25) is 10.0 Å². The topological polar surface area (TPSA) is 37.4 Å². The van der Waals surface area contributed by atoms with Crippen LogP contribution in [0.15, 0.2) is 59.5 Å².